The Morgan fingerprint density at radius 2 is 1.61 bits per heavy atom. The third kappa shape index (κ3) is 7.45. The van der Waals surface area contributed by atoms with Crippen LogP contribution in [0.1, 0.15) is 104 Å². The van der Waals surface area contributed by atoms with Crippen molar-refractivity contribution in [3.63, 3.8) is 0 Å². The summed E-state index contributed by atoms with van der Waals surface area (Å²) < 4.78 is 6.08. The molecule has 0 bridgehead atoms. The first-order valence-corrected chi connectivity index (χ1v) is 14.3. The van der Waals surface area contributed by atoms with Crippen LogP contribution in [0.4, 0.5) is 4.79 Å². The summed E-state index contributed by atoms with van der Waals surface area (Å²) in [5, 5.41) is 12.0. The van der Waals surface area contributed by atoms with Gasteiger partial charge in [0, 0.05) is 23.5 Å². The summed E-state index contributed by atoms with van der Waals surface area (Å²) >= 11 is 1.45. The number of urea groups is 1. The van der Waals surface area contributed by atoms with E-state index in [-0.39, 0.29) is 24.0 Å². The van der Waals surface area contributed by atoms with Crippen molar-refractivity contribution in [1.29, 1.82) is 0 Å². The molecule has 0 radical (unpaired) electrons. The van der Waals surface area contributed by atoms with Crippen LogP contribution in [0.15, 0.2) is 23.6 Å². The number of hydrogen-bond donors (Lipinski definition) is 3. The smallest absolute Gasteiger partial charge is 0.315 e. The maximum absolute atomic E-state index is 12.8. The number of benzene rings is 1. The van der Waals surface area contributed by atoms with Gasteiger partial charge in [-0.25, -0.2) is 9.78 Å². The van der Waals surface area contributed by atoms with Gasteiger partial charge >= 0.3 is 6.03 Å². The second-order valence-electron chi connectivity index (χ2n) is 10.6. The van der Waals surface area contributed by atoms with Crippen LogP contribution in [0.5, 0.6) is 5.75 Å². The van der Waals surface area contributed by atoms with Crippen LogP contribution in [0, 0.1) is 6.92 Å². The van der Waals surface area contributed by atoms with Crippen LogP contribution in [-0.4, -0.2) is 35.0 Å². The van der Waals surface area contributed by atoms with E-state index in [1.165, 1.54) is 36.2 Å². The van der Waals surface area contributed by atoms with Gasteiger partial charge in [-0.15, -0.1) is 11.3 Å². The highest BCUT2D eigenvalue weighted by molar-refractivity contribution is 7.09. The Hall–Kier alpha value is -2.61. The van der Waals surface area contributed by atoms with E-state index < -0.39 is 0 Å². The molecule has 7 nitrogen and oxygen atoms in total. The molecule has 1 aromatic heterocycles. The Kier molecular flexibility index (Phi) is 9.24. The molecule has 196 valence electrons. The van der Waals surface area contributed by atoms with Crippen LogP contribution in [0.25, 0.3) is 0 Å². The summed E-state index contributed by atoms with van der Waals surface area (Å²) in [6, 6.07) is 6.82. The molecule has 2 aliphatic rings. The Morgan fingerprint density at radius 1 is 0.972 bits per heavy atom. The van der Waals surface area contributed by atoms with Crippen molar-refractivity contribution in [3.05, 3.63) is 45.4 Å². The molecule has 36 heavy (non-hydrogen) atoms. The van der Waals surface area contributed by atoms with Crippen LogP contribution in [-0.2, 0) is 6.61 Å². The number of aryl methyl sites for hydroxylation is 1. The van der Waals surface area contributed by atoms with Gasteiger partial charge in [0.2, 0.25) is 0 Å². The van der Waals surface area contributed by atoms with Gasteiger partial charge in [-0.3, -0.25) is 4.79 Å². The summed E-state index contributed by atoms with van der Waals surface area (Å²) in [5.41, 5.74) is 2.77. The molecule has 4 rings (SSSR count). The van der Waals surface area contributed by atoms with Gasteiger partial charge < -0.3 is 20.7 Å². The molecule has 0 atom stereocenters. The topological polar surface area (TPSA) is 92.3 Å². The second kappa shape index (κ2) is 12.6. The number of rotatable bonds is 8. The van der Waals surface area contributed by atoms with E-state index in [1.54, 1.807) is 5.38 Å². The molecule has 2 fully saturated rings. The molecule has 2 saturated carbocycles. The van der Waals surface area contributed by atoms with Crippen LogP contribution >= 0.6 is 11.3 Å². The van der Waals surface area contributed by atoms with Crippen molar-refractivity contribution in [2.75, 3.05) is 0 Å². The summed E-state index contributed by atoms with van der Waals surface area (Å²) in [4.78, 5) is 29.6. The molecule has 3 N–H and O–H groups in total. The van der Waals surface area contributed by atoms with Crippen LogP contribution in [0.3, 0.4) is 0 Å². The van der Waals surface area contributed by atoms with Gasteiger partial charge in [0.05, 0.1) is 0 Å². The fourth-order valence-electron chi connectivity index (χ4n) is 5.17. The molecular weight excluding hydrogens is 472 g/mol. The Balaban J connectivity index is 1.20. The molecule has 3 amide bonds. The SMILES string of the molecule is Cc1ccc(C(C)C)c(OCc2nc(C(=O)NC3CCC(NC(=O)NC4CCCCC4)CC3)cs2)c1. The summed E-state index contributed by atoms with van der Waals surface area (Å²) in [6.07, 6.45) is 9.30. The number of carbonyl (C=O) groups excluding carboxylic acids is 2. The normalized spacial score (nSPS) is 20.7. The van der Waals surface area contributed by atoms with Crippen molar-refractivity contribution in [1.82, 2.24) is 20.9 Å². The molecule has 1 aromatic carbocycles. The number of nitrogens with zero attached hydrogens (tertiary/aromatic N) is 1. The lowest BCUT2D eigenvalue weighted by Gasteiger charge is -2.30. The molecular formula is C28H40N4O3S. The lowest BCUT2D eigenvalue weighted by Crippen LogP contribution is -2.49. The average molecular weight is 513 g/mol. The standard InChI is InChI=1S/C28H40N4O3S/c1-18(2)23-14-9-19(3)15-25(23)35-16-26-32-24(17-36-26)27(33)29-21-10-12-22(13-11-21)31-28(34)30-20-7-5-4-6-8-20/h9,14-15,17-18,20-22H,4-8,10-13,16H2,1-3H3,(H,29,33)(H2,30,31,34). The van der Waals surface area contributed by atoms with E-state index in [0.29, 0.717) is 24.3 Å². The number of nitrogens with one attached hydrogen (secondary N) is 3. The summed E-state index contributed by atoms with van der Waals surface area (Å²) in [5.74, 6) is 1.11. The number of amides is 3. The predicted molar refractivity (Wildman–Crippen MR) is 144 cm³/mol. The average Bonchev–Trinajstić information content (AvgIpc) is 3.34. The Bertz CT molecular complexity index is 1020. The van der Waals surface area contributed by atoms with E-state index in [1.807, 2.05) is 0 Å². The molecule has 2 aliphatic carbocycles. The van der Waals surface area contributed by atoms with Crippen molar-refractivity contribution in [2.45, 2.75) is 109 Å². The van der Waals surface area contributed by atoms with E-state index in [9.17, 15) is 9.59 Å². The lowest BCUT2D eigenvalue weighted by atomic mass is 9.91. The minimum Gasteiger partial charge on any atom is -0.486 e. The number of ether oxygens (including phenoxy) is 1. The third-order valence-corrected chi connectivity index (χ3v) is 8.09. The zero-order chi connectivity index (χ0) is 25.5. The molecule has 0 aliphatic heterocycles. The predicted octanol–water partition coefficient (Wildman–Crippen LogP) is 5.83. The molecule has 0 unspecified atom stereocenters. The van der Waals surface area contributed by atoms with E-state index in [2.05, 4.69) is 59.9 Å². The second-order valence-corrected chi connectivity index (χ2v) is 11.5. The fourth-order valence-corrected chi connectivity index (χ4v) is 5.85. The zero-order valence-electron chi connectivity index (χ0n) is 21.8. The Morgan fingerprint density at radius 3 is 2.28 bits per heavy atom. The fraction of sp³-hybridized carbons (Fsp3) is 0.607. The first-order valence-electron chi connectivity index (χ1n) is 13.4. The zero-order valence-corrected chi connectivity index (χ0v) is 22.6. The molecule has 8 heteroatoms. The van der Waals surface area contributed by atoms with Gasteiger partial charge in [0.15, 0.2) is 0 Å². The number of carbonyl (C=O) groups is 2. The van der Waals surface area contributed by atoms with Gasteiger partial charge in [-0.05, 0) is 68.6 Å². The number of thiazole rings is 1. The third-order valence-electron chi connectivity index (χ3n) is 7.26. The highest BCUT2D eigenvalue weighted by Crippen LogP contribution is 2.28. The van der Waals surface area contributed by atoms with E-state index in [4.69, 9.17) is 4.74 Å². The quantitative estimate of drug-likeness (QED) is 0.415. The summed E-state index contributed by atoms with van der Waals surface area (Å²) in [6.45, 7) is 6.71. The van der Waals surface area contributed by atoms with Gasteiger partial charge in [0.1, 0.15) is 23.1 Å². The first-order chi connectivity index (χ1) is 17.4. The maximum atomic E-state index is 12.8. The number of aromatic nitrogens is 1. The number of hydrogen-bond acceptors (Lipinski definition) is 5. The summed E-state index contributed by atoms with van der Waals surface area (Å²) in [7, 11) is 0. The van der Waals surface area contributed by atoms with E-state index >= 15 is 0 Å². The molecule has 0 saturated heterocycles. The van der Waals surface area contributed by atoms with Crippen LogP contribution < -0.4 is 20.7 Å². The van der Waals surface area contributed by atoms with Crippen molar-refractivity contribution in [2.24, 2.45) is 0 Å². The highest BCUT2D eigenvalue weighted by atomic mass is 32.1. The maximum Gasteiger partial charge on any atom is 0.315 e. The molecule has 2 aromatic rings. The van der Waals surface area contributed by atoms with Gasteiger partial charge in [0.25, 0.3) is 5.91 Å². The van der Waals surface area contributed by atoms with Crippen LogP contribution in [0.2, 0.25) is 0 Å². The lowest BCUT2D eigenvalue weighted by molar-refractivity contribution is 0.0919. The van der Waals surface area contributed by atoms with Gasteiger partial charge in [-0.2, -0.15) is 0 Å². The van der Waals surface area contributed by atoms with Crippen molar-refractivity contribution in [3.8, 4) is 5.75 Å². The molecule has 0 spiro atoms. The largest absolute Gasteiger partial charge is 0.486 e. The van der Waals surface area contributed by atoms with Crippen molar-refractivity contribution < 1.29 is 14.3 Å². The minimum atomic E-state index is -0.137. The monoisotopic (exact) mass is 512 g/mol. The van der Waals surface area contributed by atoms with E-state index in [0.717, 1.165) is 54.8 Å². The molecule has 1 heterocycles. The Labute approximate surface area is 218 Å². The van der Waals surface area contributed by atoms with Crippen molar-refractivity contribution >= 4 is 23.3 Å². The first kappa shape index (κ1) is 26.5. The van der Waals surface area contributed by atoms with Gasteiger partial charge in [-0.1, -0.05) is 45.2 Å². The highest BCUT2D eigenvalue weighted by Gasteiger charge is 2.25. The minimum absolute atomic E-state index is 0.0437.